The molecule has 0 saturated carbocycles. The summed E-state index contributed by atoms with van der Waals surface area (Å²) in [4.78, 5) is 38.1. The molecule has 3 aliphatic rings. The molecule has 5 heterocycles. The van der Waals surface area contributed by atoms with Gasteiger partial charge in [0.1, 0.15) is 11.3 Å². The molecule has 0 bridgehead atoms. The van der Waals surface area contributed by atoms with Crippen molar-refractivity contribution in [3.63, 3.8) is 0 Å². The lowest BCUT2D eigenvalue weighted by Crippen LogP contribution is -2.55. The van der Waals surface area contributed by atoms with Crippen LogP contribution in [0.3, 0.4) is 0 Å². The molecule has 2 aliphatic heterocycles. The van der Waals surface area contributed by atoms with Crippen LogP contribution in [0.15, 0.2) is 40.3 Å². The first-order chi connectivity index (χ1) is 17.1. The minimum absolute atomic E-state index is 0.114. The van der Waals surface area contributed by atoms with Crippen LogP contribution in [-0.4, -0.2) is 63.6 Å². The van der Waals surface area contributed by atoms with Crippen LogP contribution in [0.2, 0.25) is 0 Å². The summed E-state index contributed by atoms with van der Waals surface area (Å²) in [5.74, 6) is 1.54. The highest BCUT2D eigenvalue weighted by atomic mass is 35.5. The molecule has 1 amide bonds. The third kappa shape index (κ3) is 4.34. The summed E-state index contributed by atoms with van der Waals surface area (Å²) >= 11 is 8.26. The van der Waals surface area contributed by atoms with Gasteiger partial charge >= 0.3 is 0 Å². The number of fused-ring (bicyclic) bond motifs is 2. The maximum atomic E-state index is 12.2. The smallest absolute Gasteiger partial charge is 0.225 e. The molecule has 3 aromatic rings. The van der Waals surface area contributed by atoms with Crippen molar-refractivity contribution in [1.82, 2.24) is 35.6 Å². The van der Waals surface area contributed by atoms with Gasteiger partial charge in [-0.3, -0.25) is 9.78 Å². The second-order valence-corrected chi connectivity index (χ2v) is 10.6. The number of anilines is 1. The van der Waals surface area contributed by atoms with E-state index in [1.807, 2.05) is 6.07 Å². The third-order valence-corrected chi connectivity index (χ3v) is 8.04. The van der Waals surface area contributed by atoms with E-state index >= 15 is 0 Å². The molecule has 2 fully saturated rings. The number of halogens is 1. The molecule has 0 unspecified atom stereocenters. The first-order valence-corrected chi connectivity index (χ1v) is 13.0. The normalized spacial score (nSPS) is 17.9. The fourth-order valence-electron chi connectivity index (χ4n) is 4.57. The summed E-state index contributed by atoms with van der Waals surface area (Å²) in [5, 5.41) is 7.69. The van der Waals surface area contributed by atoms with Crippen molar-refractivity contribution >= 4 is 51.3 Å². The molecule has 35 heavy (non-hydrogen) atoms. The zero-order valence-corrected chi connectivity index (χ0v) is 20.9. The van der Waals surface area contributed by atoms with Gasteiger partial charge < -0.3 is 15.5 Å². The molecule has 2 N–H and O–H groups in total. The van der Waals surface area contributed by atoms with Gasteiger partial charge in [0.15, 0.2) is 10.8 Å². The van der Waals surface area contributed by atoms with Gasteiger partial charge in [0.25, 0.3) is 0 Å². The molecule has 0 radical (unpaired) electrons. The standard InChI is InChI=1S/C24H25ClN8OS/c1-2-14-5-17-19(20(14)25)22(33-11-13(12-33)7-30-23(34)15-8-26-9-15)32-24(31-17)35-16-6-18-21(29-10-16)28-4-3-27-18/h3-4,6,10,13,15,26H,2,5,7-9,11-12H2,1H3,(H,30,34). The van der Waals surface area contributed by atoms with E-state index in [1.54, 1.807) is 18.6 Å². The first-order valence-electron chi connectivity index (χ1n) is 11.9. The van der Waals surface area contributed by atoms with Crippen molar-refractivity contribution in [2.45, 2.75) is 29.8 Å². The Labute approximate surface area is 212 Å². The molecule has 1 aliphatic carbocycles. The van der Waals surface area contributed by atoms with Crippen LogP contribution in [0.25, 0.3) is 16.2 Å². The molecule has 0 aromatic carbocycles. The molecule has 0 spiro atoms. The third-order valence-electron chi connectivity index (χ3n) is 6.76. The Bertz CT molecular complexity index is 1340. The Morgan fingerprint density at radius 2 is 2.06 bits per heavy atom. The van der Waals surface area contributed by atoms with Crippen molar-refractivity contribution in [3.05, 3.63) is 41.5 Å². The first kappa shape index (κ1) is 22.6. The number of nitrogens with one attached hydrogen (secondary N) is 2. The number of allylic oxidation sites excluding steroid dienone is 1. The summed E-state index contributed by atoms with van der Waals surface area (Å²) in [6.07, 6.45) is 6.71. The number of hydrogen-bond acceptors (Lipinski definition) is 9. The minimum Gasteiger partial charge on any atom is -0.355 e. The Morgan fingerprint density at radius 3 is 2.83 bits per heavy atom. The summed E-state index contributed by atoms with van der Waals surface area (Å²) in [5.41, 5.74) is 4.48. The quantitative estimate of drug-likeness (QED) is 0.465. The fourth-order valence-corrected chi connectivity index (χ4v) is 5.74. The number of pyridine rings is 1. The van der Waals surface area contributed by atoms with E-state index in [9.17, 15) is 4.79 Å². The van der Waals surface area contributed by atoms with Gasteiger partial charge in [-0.05, 0) is 29.8 Å². The van der Waals surface area contributed by atoms with Crippen molar-refractivity contribution in [2.75, 3.05) is 37.6 Å². The lowest BCUT2D eigenvalue weighted by Gasteiger charge is -2.41. The molecule has 6 rings (SSSR count). The van der Waals surface area contributed by atoms with E-state index in [1.165, 1.54) is 17.3 Å². The predicted octanol–water partition coefficient (Wildman–Crippen LogP) is 2.65. The van der Waals surface area contributed by atoms with Crippen LogP contribution in [0.1, 0.15) is 24.6 Å². The predicted molar refractivity (Wildman–Crippen MR) is 135 cm³/mol. The highest BCUT2D eigenvalue weighted by Crippen LogP contribution is 2.43. The van der Waals surface area contributed by atoms with Crippen molar-refractivity contribution in [1.29, 1.82) is 0 Å². The maximum absolute atomic E-state index is 12.2. The molecule has 3 aromatic heterocycles. The van der Waals surface area contributed by atoms with Crippen molar-refractivity contribution in [2.24, 2.45) is 11.8 Å². The summed E-state index contributed by atoms with van der Waals surface area (Å²) in [7, 11) is 0. The molecular formula is C24H25ClN8OS. The minimum atomic E-state index is 0.114. The van der Waals surface area contributed by atoms with Crippen molar-refractivity contribution in [3.8, 4) is 0 Å². The second-order valence-electron chi connectivity index (χ2n) is 9.14. The summed E-state index contributed by atoms with van der Waals surface area (Å²) < 4.78 is 0. The zero-order valence-electron chi connectivity index (χ0n) is 19.3. The summed E-state index contributed by atoms with van der Waals surface area (Å²) in [6, 6.07) is 1.96. The number of carbonyl (C=O) groups is 1. The monoisotopic (exact) mass is 508 g/mol. The number of rotatable bonds is 7. The van der Waals surface area contributed by atoms with Crippen LogP contribution in [0.5, 0.6) is 0 Å². The Balaban J connectivity index is 1.22. The Morgan fingerprint density at radius 1 is 1.23 bits per heavy atom. The molecule has 11 heteroatoms. The molecule has 180 valence electrons. The highest BCUT2D eigenvalue weighted by molar-refractivity contribution is 7.99. The van der Waals surface area contributed by atoms with Crippen LogP contribution in [-0.2, 0) is 11.2 Å². The van der Waals surface area contributed by atoms with Gasteiger partial charge in [-0.2, -0.15) is 0 Å². The van der Waals surface area contributed by atoms with Gasteiger partial charge in [-0.15, -0.1) is 0 Å². The van der Waals surface area contributed by atoms with E-state index in [0.29, 0.717) is 23.3 Å². The highest BCUT2D eigenvalue weighted by Gasteiger charge is 2.35. The average Bonchev–Trinajstić information content (AvgIpc) is 3.12. The molecule has 2 saturated heterocycles. The van der Waals surface area contributed by atoms with Crippen LogP contribution in [0.4, 0.5) is 5.82 Å². The van der Waals surface area contributed by atoms with E-state index in [4.69, 9.17) is 21.6 Å². The maximum Gasteiger partial charge on any atom is 0.225 e. The van der Waals surface area contributed by atoms with E-state index in [0.717, 1.165) is 71.5 Å². The van der Waals surface area contributed by atoms with Crippen LogP contribution in [0, 0.1) is 11.8 Å². The van der Waals surface area contributed by atoms with Gasteiger partial charge in [-0.1, -0.05) is 18.5 Å². The number of nitrogens with zero attached hydrogens (tertiary/aromatic N) is 6. The fraction of sp³-hybridized carbons (Fsp3) is 0.417. The topological polar surface area (TPSA) is 109 Å². The lowest BCUT2D eigenvalue weighted by molar-refractivity contribution is -0.126. The SMILES string of the molecule is CCC1=C(Cl)c2c(nc(Sc3cnc4nccnc4c3)nc2N2CC(CNC(=O)C3CNC3)C2)C1. The van der Waals surface area contributed by atoms with Gasteiger partial charge in [0.05, 0.1) is 22.2 Å². The number of hydrogen-bond donors (Lipinski definition) is 2. The molecular weight excluding hydrogens is 484 g/mol. The number of amides is 1. The van der Waals surface area contributed by atoms with Gasteiger partial charge in [0.2, 0.25) is 5.91 Å². The number of aromatic nitrogens is 5. The summed E-state index contributed by atoms with van der Waals surface area (Å²) in [6.45, 7) is 6.02. The van der Waals surface area contributed by atoms with E-state index in [2.05, 4.69) is 37.4 Å². The lowest BCUT2D eigenvalue weighted by atomic mass is 9.98. The molecule has 0 atom stereocenters. The second kappa shape index (κ2) is 9.33. The zero-order chi connectivity index (χ0) is 23.9. The van der Waals surface area contributed by atoms with E-state index < -0.39 is 0 Å². The Hall–Kier alpha value is -2.82. The van der Waals surface area contributed by atoms with E-state index in [-0.39, 0.29) is 11.8 Å². The van der Waals surface area contributed by atoms with Crippen molar-refractivity contribution < 1.29 is 4.79 Å². The largest absolute Gasteiger partial charge is 0.355 e. The Kier molecular flexibility index (Phi) is 6.03. The van der Waals surface area contributed by atoms with Gasteiger partial charge in [0, 0.05) is 68.5 Å². The van der Waals surface area contributed by atoms with Crippen LogP contribution >= 0.6 is 23.4 Å². The van der Waals surface area contributed by atoms with Gasteiger partial charge in [-0.25, -0.2) is 19.9 Å². The molecule has 9 nitrogen and oxygen atoms in total. The van der Waals surface area contributed by atoms with Crippen LogP contribution < -0.4 is 15.5 Å². The number of carbonyl (C=O) groups excluding carboxylic acids is 1. The average molecular weight is 509 g/mol.